The highest BCUT2D eigenvalue weighted by molar-refractivity contribution is 7.13. The van der Waals surface area contributed by atoms with Gasteiger partial charge in [-0.25, -0.2) is 0 Å². The second-order valence-corrected chi connectivity index (χ2v) is 7.89. The first kappa shape index (κ1) is 17.6. The van der Waals surface area contributed by atoms with Gasteiger partial charge in [-0.3, -0.25) is 9.69 Å². The lowest BCUT2D eigenvalue weighted by molar-refractivity contribution is -0.127. The number of carbonyl (C=O) groups is 1. The number of rotatable bonds is 6. The number of amides is 1. The molecule has 140 valence electrons. The summed E-state index contributed by atoms with van der Waals surface area (Å²) in [6.07, 6.45) is 4.26. The lowest BCUT2D eigenvalue weighted by Gasteiger charge is -2.31. The molecule has 1 N–H and O–H groups in total. The maximum atomic E-state index is 12.5. The number of carbonyl (C=O) groups excluding carboxylic acids is 1. The number of thiophene rings is 1. The van der Waals surface area contributed by atoms with Crippen LogP contribution in [0.3, 0.4) is 0 Å². The molecule has 0 aliphatic carbocycles. The minimum Gasteiger partial charge on any atom is -0.376 e. The molecule has 0 radical (unpaired) electrons. The Morgan fingerprint density at radius 1 is 1.38 bits per heavy atom. The van der Waals surface area contributed by atoms with Gasteiger partial charge in [0.25, 0.3) is 0 Å². The van der Waals surface area contributed by atoms with Gasteiger partial charge >= 0.3 is 0 Å². The zero-order valence-corrected chi connectivity index (χ0v) is 15.5. The number of nitrogens with one attached hydrogen (secondary N) is 1. The molecule has 2 aromatic rings. The van der Waals surface area contributed by atoms with Crippen LogP contribution in [0.5, 0.6) is 0 Å². The SMILES string of the molecule is O=C(NCC1CCCO1)C1CCCN(Cc2nc(-c3cccs3)no2)C1. The summed E-state index contributed by atoms with van der Waals surface area (Å²) in [6.45, 7) is 3.72. The molecular weight excluding hydrogens is 352 g/mol. The van der Waals surface area contributed by atoms with E-state index in [4.69, 9.17) is 9.26 Å². The van der Waals surface area contributed by atoms with Crippen LogP contribution < -0.4 is 5.32 Å². The van der Waals surface area contributed by atoms with Crippen LogP contribution in [0.4, 0.5) is 0 Å². The Balaban J connectivity index is 1.28. The Labute approximate surface area is 156 Å². The van der Waals surface area contributed by atoms with Gasteiger partial charge in [0.05, 0.1) is 23.4 Å². The number of nitrogens with zero attached hydrogens (tertiary/aromatic N) is 3. The molecule has 26 heavy (non-hydrogen) atoms. The summed E-state index contributed by atoms with van der Waals surface area (Å²) in [6, 6.07) is 3.95. The Hall–Kier alpha value is -1.77. The average Bonchev–Trinajstić information content (AvgIpc) is 3.41. The van der Waals surface area contributed by atoms with Crippen LogP contribution in [-0.4, -0.2) is 53.3 Å². The van der Waals surface area contributed by atoms with Crippen LogP contribution in [0.2, 0.25) is 0 Å². The average molecular weight is 376 g/mol. The molecule has 4 heterocycles. The summed E-state index contributed by atoms with van der Waals surface area (Å²) in [7, 11) is 0. The highest BCUT2D eigenvalue weighted by Crippen LogP contribution is 2.23. The molecule has 8 heteroatoms. The van der Waals surface area contributed by atoms with E-state index in [9.17, 15) is 4.79 Å². The summed E-state index contributed by atoms with van der Waals surface area (Å²) < 4.78 is 11.0. The van der Waals surface area contributed by atoms with E-state index >= 15 is 0 Å². The monoisotopic (exact) mass is 376 g/mol. The zero-order chi connectivity index (χ0) is 17.8. The minimum absolute atomic E-state index is 0.0184. The number of hydrogen-bond donors (Lipinski definition) is 1. The van der Waals surface area contributed by atoms with Crippen molar-refractivity contribution in [1.82, 2.24) is 20.4 Å². The molecule has 0 saturated carbocycles. The number of aromatic nitrogens is 2. The molecule has 0 spiro atoms. The summed E-state index contributed by atoms with van der Waals surface area (Å²) in [5.41, 5.74) is 0. The molecular formula is C18H24N4O3S. The molecule has 2 saturated heterocycles. The molecule has 7 nitrogen and oxygen atoms in total. The van der Waals surface area contributed by atoms with Crippen molar-refractivity contribution in [2.24, 2.45) is 5.92 Å². The standard InChI is InChI=1S/C18H24N4O3S/c23-18(19-10-14-5-2-8-24-14)13-4-1-7-22(11-13)12-16-20-17(21-25-16)15-6-3-9-26-15/h3,6,9,13-14H,1-2,4-5,7-8,10-12H2,(H,19,23). The van der Waals surface area contributed by atoms with E-state index in [2.05, 4.69) is 20.4 Å². The Bertz CT molecular complexity index is 712. The fourth-order valence-corrected chi connectivity index (χ4v) is 4.24. The van der Waals surface area contributed by atoms with E-state index in [0.717, 1.165) is 50.3 Å². The number of piperidine rings is 1. The Morgan fingerprint density at radius 2 is 2.35 bits per heavy atom. The second-order valence-electron chi connectivity index (χ2n) is 6.94. The largest absolute Gasteiger partial charge is 0.376 e. The molecule has 0 aromatic carbocycles. The first-order valence-corrected chi connectivity index (χ1v) is 10.1. The molecule has 1 amide bonds. The second kappa shape index (κ2) is 8.28. The molecule has 2 unspecified atom stereocenters. The summed E-state index contributed by atoms with van der Waals surface area (Å²) in [5, 5.41) is 9.11. The summed E-state index contributed by atoms with van der Waals surface area (Å²) in [4.78, 5) is 20.2. The lowest BCUT2D eigenvalue weighted by Crippen LogP contribution is -2.44. The summed E-state index contributed by atoms with van der Waals surface area (Å²) >= 11 is 1.59. The van der Waals surface area contributed by atoms with Crippen molar-refractivity contribution in [2.75, 3.05) is 26.2 Å². The van der Waals surface area contributed by atoms with Crippen molar-refractivity contribution in [3.8, 4) is 10.7 Å². The predicted octanol–water partition coefficient (Wildman–Crippen LogP) is 2.31. The van der Waals surface area contributed by atoms with Crippen molar-refractivity contribution >= 4 is 17.2 Å². The van der Waals surface area contributed by atoms with E-state index in [1.54, 1.807) is 11.3 Å². The third-order valence-electron chi connectivity index (χ3n) is 4.97. The van der Waals surface area contributed by atoms with Crippen LogP contribution in [0.25, 0.3) is 10.7 Å². The van der Waals surface area contributed by atoms with Crippen LogP contribution >= 0.6 is 11.3 Å². The van der Waals surface area contributed by atoms with Crippen molar-refractivity contribution in [3.05, 3.63) is 23.4 Å². The normalized spacial score (nSPS) is 24.0. The molecule has 4 rings (SSSR count). The Kier molecular flexibility index (Phi) is 5.62. The minimum atomic E-state index is 0.0184. The van der Waals surface area contributed by atoms with Gasteiger partial charge < -0.3 is 14.6 Å². The molecule has 2 aromatic heterocycles. The van der Waals surface area contributed by atoms with Crippen LogP contribution in [0.15, 0.2) is 22.0 Å². The molecule has 2 fully saturated rings. The predicted molar refractivity (Wildman–Crippen MR) is 97.6 cm³/mol. The van der Waals surface area contributed by atoms with Gasteiger partial charge in [-0.05, 0) is 43.7 Å². The zero-order valence-electron chi connectivity index (χ0n) is 14.7. The van der Waals surface area contributed by atoms with Crippen molar-refractivity contribution < 1.29 is 14.1 Å². The van der Waals surface area contributed by atoms with Crippen molar-refractivity contribution in [3.63, 3.8) is 0 Å². The van der Waals surface area contributed by atoms with E-state index in [0.29, 0.717) is 24.8 Å². The number of likely N-dealkylation sites (tertiary alicyclic amines) is 1. The fourth-order valence-electron chi connectivity index (χ4n) is 3.59. The smallest absolute Gasteiger partial charge is 0.241 e. The first-order chi connectivity index (χ1) is 12.8. The van der Waals surface area contributed by atoms with Gasteiger partial charge in [-0.2, -0.15) is 4.98 Å². The van der Waals surface area contributed by atoms with E-state index in [1.165, 1.54) is 0 Å². The van der Waals surface area contributed by atoms with Gasteiger partial charge in [0.1, 0.15) is 0 Å². The Morgan fingerprint density at radius 3 is 3.15 bits per heavy atom. The van der Waals surface area contributed by atoms with Gasteiger partial charge in [0.15, 0.2) is 0 Å². The highest BCUT2D eigenvalue weighted by Gasteiger charge is 2.27. The van der Waals surface area contributed by atoms with Crippen LogP contribution in [-0.2, 0) is 16.1 Å². The van der Waals surface area contributed by atoms with Crippen molar-refractivity contribution in [1.29, 1.82) is 0 Å². The topological polar surface area (TPSA) is 80.5 Å². The van der Waals surface area contributed by atoms with Gasteiger partial charge in [-0.1, -0.05) is 11.2 Å². The van der Waals surface area contributed by atoms with Gasteiger partial charge in [0, 0.05) is 19.7 Å². The van der Waals surface area contributed by atoms with Crippen LogP contribution in [0.1, 0.15) is 31.6 Å². The number of ether oxygens (including phenoxy) is 1. The molecule has 2 atom stereocenters. The molecule has 2 aliphatic heterocycles. The summed E-state index contributed by atoms with van der Waals surface area (Å²) in [5.74, 6) is 1.39. The third kappa shape index (κ3) is 4.31. The van der Waals surface area contributed by atoms with Gasteiger partial charge in [0.2, 0.25) is 17.6 Å². The fraction of sp³-hybridized carbons (Fsp3) is 0.611. The first-order valence-electron chi connectivity index (χ1n) is 9.26. The third-order valence-corrected chi connectivity index (χ3v) is 5.84. The molecule has 2 aliphatic rings. The molecule has 0 bridgehead atoms. The quantitative estimate of drug-likeness (QED) is 0.833. The van der Waals surface area contributed by atoms with Gasteiger partial charge in [-0.15, -0.1) is 11.3 Å². The lowest BCUT2D eigenvalue weighted by atomic mass is 9.97. The van der Waals surface area contributed by atoms with E-state index in [1.807, 2.05) is 17.5 Å². The van der Waals surface area contributed by atoms with Crippen LogP contribution in [0, 0.1) is 5.92 Å². The maximum Gasteiger partial charge on any atom is 0.241 e. The van der Waals surface area contributed by atoms with E-state index < -0.39 is 0 Å². The van der Waals surface area contributed by atoms with Crippen molar-refractivity contribution in [2.45, 2.75) is 38.3 Å². The maximum absolute atomic E-state index is 12.5. The van der Waals surface area contributed by atoms with E-state index in [-0.39, 0.29) is 17.9 Å². The number of hydrogen-bond acceptors (Lipinski definition) is 7. The highest BCUT2D eigenvalue weighted by atomic mass is 32.1.